The van der Waals surface area contributed by atoms with Crippen molar-refractivity contribution in [3.8, 4) is 11.5 Å². The molecule has 0 aliphatic carbocycles. The molecule has 1 unspecified atom stereocenters. The van der Waals surface area contributed by atoms with Gasteiger partial charge in [-0.05, 0) is 42.0 Å². The number of likely N-dealkylation sites (N-methyl/N-ethyl adjacent to an activating group) is 1. The maximum absolute atomic E-state index is 12.7. The summed E-state index contributed by atoms with van der Waals surface area (Å²) in [7, 11) is 2.01. The Hall–Kier alpha value is -3.05. The molecule has 0 saturated heterocycles. The van der Waals surface area contributed by atoms with Crippen LogP contribution in [0.15, 0.2) is 66.7 Å². The molecule has 144 valence electrons. The second-order valence-electron chi connectivity index (χ2n) is 7.32. The largest absolute Gasteiger partial charge is 0.486 e. The highest BCUT2D eigenvalue weighted by molar-refractivity contribution is 5.96. The van der Waals surface area contributed by atoms with Crippen molar-refractivity contribution in [2.45, 2.75) is 19.1 Å². The van der Waals surface area contributed by atoms with Crippen molar-refractivity contribution in [3.05, 3.63) is 66.7 Å². The molecule has 1 aliphatic heterocycles. The topological polar surface area (TPSA) is 52.0 Å². The predicted octanol–water partition coefficient (Wildman–Crippen LogP) is 2.52. The third-order valence-corrected chi connectivity index (χ3v) is 5.27. The van der Waals surface area contributed by atoms with Gasteiger partial charge in [-0.1, -0.05) is 42.5 Å². The standard InChI is InChI=1S/C23H24N2O3/c1-16(23(26)24-19-12-11-17-7-3-4-8-18(17)13-19)25(2)14-20-15-27-21-9-5-6-10-22(21)28-20/h3-13,16,20H,14-15H2,1-2H3,(H,24,26)/p+1/t16-,20-/m1/s1. The number of rotatable bonds is 5. The number of quaternary nitrogens is 1. The van der Waals surface area contributed by atoms with Gasteiger partial charge >= 0.3 is 0 Å². The smallest absolute Gasteiger partial charge is 0.282 e. The Morgan fingerprint density at radius 2 is 1.79 bits per heavy atom. The van der Waals surface area contributed by atoms with Crippen LogP contribution >= 0.6 is 0 Å². The van der Waals surface area contributed by atoms with Crippen LogP contribution in [0.3, 0.4) is 0 Å². The molecule has 1 aliphatic rings. The van der Waals surface area contributed by atoms with E-state index >= 15 is 0 Å². The number of benzene rings is 3. The minimum absolute atomic E-state index is 0.00934. The van der Waals surface area contributed by atoms with Gasteiger partial charge in [0.25, 0.3) is 5.91 Å². The number of ether oxygens (including phenoxy) is 2. The maximum Gasteiger partial charge on any atom is 0.282 e. The summed E-state index contributed by atoms with van der Waals surface area (Å²) in [5, 5.41) is 5.31. The highest BCUT2D eigenvalue weighted by Crippen LogP contribution is 2.30. The van der Waals surface area contributed by atoms with Gasteiger partial charge in [-0.3, -0.25) is 4.79 Å². The van der Waals surface area contributed by atoms with E-state index in [9.17, 15) is 4.79 Å². The first-order chi connectivity index (χ1) is 13.6. The highest BCUT2D eigenvalue weighted by atomic mass is 16.6. The molecule has 5 heteroatoms. The normalized spacial score (nSPS) is 17.7. The fourth-order valence-electron chi connectivity index (χ4n) is 3.44. The summed E-state index contributed by atoms with van der Waals surface area (Å²) in [6.45, 7) is 3.11. The number of hydrogen-bond acceptors (Lipinski definition) is 3. The zero-order valence-electron chi connectivity index (χ0n) is 16.1. The van der Waals surface area contributed by atoms with Gasteiger partial charge in [-0.15, -0.1) is 0 Å². The van der Waals surface area contributed by atoms with Crippen molar-refractivity contribution >= 4 is 22.4 Å². The van der Waals surface area contributed by atoms with Crippen molar-refractivity contribution < 1.29 is 19.2 Å². The van der Waals surface area contributed by atoms with Gasteiger partial charge in [-0.2, -0.15) is 0 Å². The van der Waals surface area contributed by atoms with Crippen molar-refractivity contribution in [1.29, 1.82) is 0 Å². The fourth-order valence-corrected chi connectivity index (χ4v) is 3.44. The predicted molar refractivity (Wildman–Crippen MR) is 110 cm³/mol. The molecular weight excluding hydrogens is 352 g/mol. The van der Waals surface area contributed by atoms with Crippen molar-refractivity contribution in [3.63, 3.8) is 0 Å². The van der Waals surface area contributed by atoms with Crippen LogP contribution in [0.5, 0.6) is 11.5 Å². The molecule has 0 radical (unpaired) electrons. The van der Waals surface area contributed by atoms with Gasteiger partial charge in [0.15, 0.2) is 23.6 Å². The van der Waals surface area contributed by atoms with Crippen LogP contribution in [0.25, 0.3) is 10.8 Å². The molecule has 5 nitrogen and oxygen atoms in total. The van der Waals surface area contributed by atoms with Crippen molar-refractivity contribution in [2.75, 3.05) is 25.5 Å². The van der Waals surface area contributed by atoms with Crippen molar-refractivity contribution in [1.82, 2.24) is 0 Å². The van der Waals surface area contributed by atoms with Crippen LogP contribution in [0, 0.1) is 0 Å². The Morgan fingerprint density at radius 1 is 1.07 bits per heavy atom. The average molecular weight is 377 g/mol. The summed E-state index contributed by atoms with van der Waals surface area (Å²) < 4.78 is 11.8. The molecule has 0 spiro atoms. The second kappa shape index (κ2) is 7.90. The van der Waals surface area contributed by atoms with E-state index in [4.69, 9.17) is 9.47 Å². The van der Waals surface area contributed by atoms with E-state index in [0.29, 0.717) is 13.2 Å². The number of anilines is 1. The molecule has 2 N–H and O–H groups in total. The van der Waals surface area contributed by atoms with Crippen LogP contribution < -0.4 is 19.7 Å². The lowest BCUT2D eigenvalue weighted by Crippen LogP contribution is -3.15. The van der Waals surface area contributed by atoms with Crippen LogP contribution in [0.4, 0.5) is 5.69 Å². The second-order valence-corrected chi connectivity index (χ2v) is 7.32. The third kappa shape index (κ3) is 3.94. The van der Waals surface area contributed by atoms with Gasteiger partial charge in [0.05, 0.1) is 7.05 Å². The summed E-state index contributed by atoms with van der Waals surface area (Å²) in [6, 6.07) is 21.5. The number of carbonyl (C=O) groups excluding carboxylic acids is 1. The minimum atomic E-state index is -0.216. The molecule has 28 heavy (non-hydrogen) atoms. The van der Waals surface area contributed by atoms with E-state index in [1.54, 1.807) is 0 Å². The average Bonchev–Trinajstić information content (AvgIpc) is 2.73. The first-order valence-electron chi connectivity index (χ1n) is 9.60. The van der Waals surface area contributed by atoms with Gasteiger partial charge < -0.3 is 19.7 Å². The summed E-state index contributed by atoms with van der Waals surface area (Å²) in [5.74, 6) is 1.53. The molecule has 1 amide bonds. The lowest BCUT2D eigenvalue weighted by molar-refractivity contribution is -0.896. The monoisotopic (exact) mass is 377 g/mol. The molecule has 4 rings (SSSR count). The Bertz CT molecular complexity index is 988. The first-order valence-corrected chi connectivity index (χ1v) is 9.60. The SMILES string of the molecule is C[C@H](C(=O)Nc1ccc2ccccc2c1)[NH+](C)C[C@@H]1COc2ccccc2O1. The number of carbonyl (C=O) groups is 1. The quantitative estimate of drug-likeness (QED) is 0.718. The van der Waals surface area contributed by atoms with Crippen molar-refractivity contribution in [2.24, 2.45) is 0 Å². The molecular formula is C23H25N2O3+. The highest BCUT2D eigenvalue weighted by Gasteiger charge is 2.29. The van der Waals surface area contributed by atoms with E-state index in [1.807, 2.05) is 74.6 Å². The molecule has 0 saturated carbocycles. The summed E-state index contributed by atoms with van der Waals surface area (Å²) >= 11 is 0. The molecule has 1 heterocycles. The lowest BCUT2D eigenvalue weighted by Gasteiger charge is -2.29. The van der Waals surface area contributed by atoms with Crippen LogP contribution in [-0.4, -0.2) is 38.3 Å². The summed E-state index contributed by atoms with van der Waals surface area (Å²) in [5.41, 5.74) is 0.814. The zero-order chi connectivity index (χ0) is 19.5. The number of amides is 1. The Labute approximate surface area is 164 Å². The van der Waals surface area contributed by atoms with Gasteiger partial charge in [0, 0.05) is 5.69 Å². The molecule has 0 fully saturated rings. The number of nitrogens with one attached hydrogen (secondary N) is 2. The van der Waals surface area contributed by atoms with E-state index < -0.39 is 0 Å². The van der Waals surface area contributed by atoms with Crippen LogP contribution in [-0.2, 0) is 4.79 Å². The van der Waals surface area contributed by atoms with Gasteiger partial charge in [0.1, 0.15) is 13.2 Å². The third-order valence-electron chi connectivity index (χ3n) is 5.27. The molecule has 3 aromatic carbocycles. The Balaban J connectivity index is 1.36. The molecule has 0 aromatic heterocycles. The number of para-hydroxylation sites is 2. The Kier molecular flexibility index (Phi) is 5.17. The summed E-state index contributed by atoms with van der Waals surface area (Å²) in [4.78, 5) is 13.8. The first kappa shape index (κ1) is 18.3. The minimum Gasteiger partial charge on any atom is -0.486 e. The van der Waals surface area contributed by atoms with E-state index in [1.165, 1.54) is 0 Å². The summed E-state index contributed by atoms with van der Waals surface area (Å²) in [6.07, 6.45) is -0.0779. The Morgan fingerprint density at radius 3 is 2.61 bits per heavy atom. The van der Waals surface area contributed by atoms with E-state index in [-0.39, 0.29) is 18.1 Å². The lowest BCUT2D eigenvalue weighted by atomic mass is 10.1. The molecule has 3 aromatic rings. The number of hydrogen-bond donors (Lipinski definition) is 2. The maximum atomic E-state index is 12.7. The van der Waals surface area contributed by atoms with Gasteiger partial charge in [0.2, 0.25) is 0 Å². The fraction of sp³-hybridized carbons (Fsp3) is 0.261. The molecule has 3 atom stereocenters. The van der Waals surface area contributed by atoms with E-state index in [2.05, 4.69) is 11.4 Å². The molecule has 0 bridgehead atoms. The van der Waals surface area contributed by atoms with E-state index in [0.717, 1.165) is 32.9 Å². The van der Waals surface area contributed by atoms with Crippen LogP contribution in [0.1, 0.15) is 6.92 Å². The zero-order valence-corrected chi connectivity index (χ0v) is 16.1. The van der Waals surface area contributed by atoms with Gasteiger partial charge in [-0.25, -0.2) is 0 Å². The number of fused-ring (bicyclic) bond motifs is 2. The van der Waals surface area contributed by atoms with Crippen LogP contribution in [0.2, 0.25) is 0 Å².